The van der Waals surface area contributed by atoms with Gasteiger partial charge in [-0.05, 0) is 25.3 Å². The van der Waals surface area contributed by atoms with Gasteiger partial charge in [-0.25, -0.2) is 0 Å². The molecule has 19 heavy (non-hydrogen) atoms. The molecule has 0 atom stereocenters. The second-order valence-corrected chi connectivity index (χ2v) is 4.85. The maximum Gasteiger partial charge on any atom is 0.254 e. The molecule has 1 fully saturated rings. The number of amides is 1. The first-order valence-electron chi connectivity index (χ1n) is 6.63. The van der Waals surface area contributed by atoms with Gasteiger partial charge in [0.25, 0.3) is 5.91 Å². The smallest absolute Gasteiger partial charge is 0.254 e. The Kier molecular flexibility index (Phi) is 3.31. The van der Waals surface area contributed by atoms with E-state index in [0.717, 1.165) is 13.0 Å². The van der Waals surface area contributed by atoms with Gasteiger partial charge in [0.1, 0.15) is 0 Å². The van der Waals surface area contributed by atoms with Gasteiger partial charge in [-0.15, -0.1) is 0 Å². The van der Waals surface area contributed by atoms with Gasteiger partial charge < -0.3 is 5.32 Å². The van der Waals surface area contributed by atoms with Crippen LogP contribution in [0.3, 0.4) is 0 Å². The van der Waals surface area contributed by atoms with Crippen LogP contribution >= 0.6 is 0 Å². The van der Waals surface area contributed by atoms with Crippen molar-refractivity contribution in [2.75, 3.05) is 6.54 Å². The van der Waals surface area contributed by atoms with Crippen LogP contribution in [0.4, 0.5) is 0 Å². The number of aromatic amines is 1. The van der Waals surface area contributed by atoms with Gasteiger partial charge in [0.15, 0.2) is 0 Å². The molecule has 2 N–H and O–H groups in total. The number of hydrogen-bond acceptors (Lipinski definition) is 3. The minimum atomic E-state index is -0.0865. The Balaban J connectivity index is 1.43. The molecular weight excluding hydrogens is 242 g/mol. The lowest BCUT2D eigenvalue weighted by Gasteiger charge is -2.07. The third-order valence-electron chi connectivity index (χ3n) is 3.34. The normalized spacial score (nSPS) is 14.5. The summed E-state index contributed by atoms with van der Waals surface area (Å²) in [6.07, 6.45) is 8.41. The van der Waals surface area contributed by atoms with E-state index in [1.165, 1.54) is 24.7 Å². The highest BCUT2D eigenvalue weighted by Gasteiger charge is 2.26. The maximum atomic E-state index is 11.7. The molecule has 0 aromatic carbocycles. The Hall–Kier alpha value is -2.11. The minimum absolute atomic E-state index is 0.0865. The number of hydrogen-bond donors (Lipinski definition) is 2. The second kappa shape index (κ2) is 5.26. The van der Waals surface area contributed by atoms with Crippen LogP contribution in [0.2, 0.25) is 0 Å². The summed E-state index contributed by atoms with van der Waals surface area (Å²) in [5.41, 5.74) is 1.90. The summed E-state index contributed by atoms with van der Waals surface area (Å²) in [5.74, 6) is 0.625. The fraction of sp³-hybridized carbons (Fsp3) is 0.462. The molecule has 0 aliphatic heterocycles. The number of aryl methyl sites for hydroxylation is 1. The summed E-state index contributed by atoms with van der Waals surface area (Å²) in [4.78, 5) is 11.7. The Morgan fingerprint density at radius 3 is 3.16 bits per heavy atom. The zero-order valence-corrected chi connectivity index (χ0v) is 10.7. The van der Waals surface area contributed by atoms with E-state index >= 15 is 0 Å². The summed E-state index contributed by atoms with van der Waals surface area (Å²) in [6, 6.07) is 2.10. The number of nitrogens with one attached hydrogen (secondary N) is 2. The topological polar surface area (TPSA) is 75.6 Å². The molecule has 0 unspecified atom stereocenters. The fourth-order valence-electron chi connectivity index (χ4n) is 2.16. The molecular formula is C13H17N5O. The van der Waals surface area contributed by atoms with E-state index in [-0.39, 0.29) is 5.91 Å². The third kappa shape index (κ3) is 2.83. The van der Waals surface area contributed by atoms with Crippen LogP contribution < -0.4 is 5.32 Å². The first kappa shape index (κ1) is 12.0. The molecule has 1 amide bonds. The summed E-state index contributed by atoms with van der Waals surface area (Å²) < 4.78 is 2.06. The number of aromatic nitrogens is 4. The molecule has 2 aromatic rings. The number of rotatable bonds is 6. The zero-order chi connectivity index (χ0) is 13.1. The fourth-order valence-corrected chi connectivity index (χ4v) is 2.16. The van der Waals surface area contributed by atoms with Gasteiger partial charge in [-0.3, -0.25) is 14.6 Å². The average Bonchev–Trinajstić information content (AvgIpc) is 2.95. The van der Waals surface area contributed by atoms with Crippen LogP contribution in [0.1, 0.15) is 41.2 Å². The molecule has 1 saturated carbocycles. The zero-order valence-electron chi connectivity index (χ0n) is 10.7. The Morgan fingerprint density at radius 1 is 1.53 bits per heavy atom. The molecule has 1 aliphatic carbocycles. The lowest BCUT2D eigenvalue weighted by atomic mass is 10.3. The Labute approximate surface area is 111 Å². The monoisotopic (exact) mass is 259 g/mol. The molecule has 2 aromatic heterocycles. The van der Waals surface area contributed by atoms with E-state index in [1.807, 2.05) is 6.20 Å². The molecule has 2 heterocycles. The van der Waals surface area contributed by atoms with Gasteiger partial charge in [-0.2, -0.15) is 10.2 Å². The first-order chi connectivity index (χ1) is 9.34. The SMILES string of the molecule is O=C(NCCCn1nccc1C1CC1)c1cn[nH]c1. The largest absolute Gasteiger partial charge is 0.352 e. The molecule has 0 saturated heterocycles. The van der Waals surface area contributed by atoms with Crippen molar-refractivity contribution in [3.05, 3.63) is 35.9 Å². The van der Waals surface area contributed by atoms with Crippen molar-refractivity contribution < 1.29 is 4.79 Å². The Morgan fingerprint density at radius 2 is 2.42 bits per heavy atom. The maximum absolute atomic E-state index is 11.7. The van der Waals surface area contributed by atoms with Crippen LogP contribution in [0.5, 0.6) is 0 Å². The molecule has 6 heteroatoms. The molecule has 6 nitrogen and oxygen atoms in total. The van der Waals surface area contributed by atoms with Crippen molar-refractivity contribution in [1.82, 2.24) is 25.3 Å². The molecule has 100 valence electrons. The molecule has 0 spiro atoms. The van der Waals surface area contributed by atoms with Gasteiger partial charge in [0, 0.05) is 37.1 Å². The first-order valence-corrected chi connectivity index (χ1v) is 6.63. The number of H-pyrrole nitrogens is 1. The van der Waals surface area contributed by atoms with E-state index in [0.29, 0.717) is 18.0 Å². The second-order valence-electron chi connectivity index (χ2n) is 4.85. The van der Waals surface area contributed by atoms with Gasteiger partial charge in [0.05, 0.1) is 11.8 Å². The van der Waals surface area contributed by atoms with Crippen LogP contribution in [0, 0.1) is 0 Å². The van der Waals surface area contributed by atoms with Crippen LogP contribution in [-0.4, -0.2) is 32.4 Å². The highest BCUT2D eigenvalue weighted by Crippen LogP contribution is 2.39. The van der Waals surface area contributed by atoms with E-state index in [1.54, 1.807) is 6.20 Å². The van der Waals surface area contributed by atoms with E-state index in [2.05, 4.69) is 31.4 Å². The number of nitrogens with zero attached hydrogens (tertiary/aromatic N) is 3. The predicted molar refractivity (Wildman–Crippen MR) is 69.7 cm³/mol. The van der Waals surface area contributed by atoms with Crippen molar-refractivity contribution in [3.8, 4) is 0 Å². The van der Waals surface area contributed by atoms with Crippen molar-refractivity contribution in [3.63, 3.8) is 0 Å². The molecule has 0 bridgehead atoms. The standard InChI is InChI=1S/C13H17N5O/c19-13(11-8-15-16-9-11)14-5-1-7-18-12(4-6-17-18)10-2-3-10/h4,6,8-10H,1-3,5,7H2,(H,14,19)(H,15,16). The quantitative estimate of drug-likeness (QED) is 0.768. The van der Waals surface area contributed by atoms with E-state index in [9.17, 15) is 4.79 Å². The lowest BCUT2D eigenvalue weighted by molar-refractivity contribution is 0.0952. The summed E-state index contributed by atoms with van der Waals surface area (Å²) in [6.45, 7) is 1.50. The summed E-state index contributed by atoms with van der Waals surface area (Å²) in [5, 5.41) is 13.6. The summed E-state index contributed by atoms with van der Waals surface area (Å²) in [7, 11) is 0. The minimum Gasteiger partial charge on any atom is -0.352 e. The van der Waals surface area contributed by atoms with Crippen LogP contribution in [0.15, 0.2) is 24.7 Å². The van der Waals surface area contributed by atoms with Gasteiger partial charge in [0.2, 0.25) is 0 Å². The van der Waals surface area contributed by atoms with E-state index in [4.69, 9.17) is 0 Å². The van der Waals surface area contributed by atoms with Crippen molar-refractivity contribution >= 4 is 5.91 Å². The van der Waals surface area contributed by atoms with Crippen molar-refractivity contribution in [2.45, 2.75) is 31.7 Å². The third-order valence-corrected chi connectivity index (χ3v) is 3.34. The van der Waals surface area contributed by atoms with E-state index < -0.39 is 0 Å². The van der Waals surface area contributed by atoms with Gasteiger partial charge in [-0.1, -0.05) is 0 Å². The predicted octanol–water partition coefficient (Wildman–Crippen LogP) is 1.30. The summed E-state index contributed by atoms with van der Waals surface area (Å²) >= 11 is 0. The average molecular weight is 259 g/mol. The number of carbonyl (C=O) groups is 1. The molecule has 1 aliphatic rings. The van der Waals surface area contributed by atoms with Crippen LogP contribution in [0.25, 0.3) is 0 Å². The number of carbonyl (C=O) groups excluding carboxylic acids is 1. The highest BCUT2D eigenvalue weighted by molar-refractivity contribution is 5.93. The van der Waals surface area contributed by atoms with Gasteiger partial charge >= 0.3 is 0 Å². The highest BCUT2D eigenvalue weighted by atomic mass is 16.1. The van der Waals surface area contributed by atoms with Crippen molar-refractivity contribution in [2.24, 2.45) is 0 Å². The van der Waals surface area contributed by atoms with Crippen molar-refractivity contribution in [1.29, 1.82) is 0 Å². The Bertz CT molecular complexity index is 541. The molecule has 0 radical (unpaired) electrons. The van der Waals surface area contributed by atoms with Crippen LogP contribution in [-0.2, 0) is 6.54 Å². The molecule has 3 rings (SSSR count). The lowest BCUT2D eigenvalue weighted by Crippen LogP contribution is -2.25.